The number of nitrogens with one attached hydrogen (secondary N) is 1. The number of H-pyrrole nitrogens is 1. The summed E-state index contributed by atoms with van der Waals surface area (Å²) in [7, 11) is 0. The van der Waals surface area contributed by atoms with Gasteiger partial charge in [-0.15, -0.1) is 0 Å². The van der Waals surface area contributed by atoms with Crippen molar-refractivity contribution in [3.63, 3.8) is 0 Å². The maximum absolute atomic E-state index is 12.9. The molecule has 1 amide bonds. The number of carbonyl (C=O) groups excluding carboxylic acids is 1. The summed E-state index contributed by atoms with van der Waals surface area (Å²) in [6.07, 6.45) is 8.25. The fourth-order valence-electron chi connectivity index (χ4n) is 4.61. The minimum Gasteiger partial charge on any atom is -0.422 e. The largest absolute Gasteiger partial charge is 0.422 e. The molecule has 5 heterocycles. The lowest BCUT2D eigenvalue weighted by atomic mass is 9.91. The van der Waals surface area contributed by atoms with Gasteiger partial charge in [-0.2, -0.15) is 10.1 Å². The van der Waals surface area contributed by atoms with Crippen LogP contribution in [0.15, 0.2) is 35.0 Å². The average Bonchev–Trinajstić information content (AvgIpc) is 3.44. The van der Waals surface area contributed by atoms with Crippen LogP contribution in [0.3, 0.4) is 0 Å². The van der Waals surface area contributed by atoms with Crippen molar-refractivity contribution in [2.45, 2.75) is 38.0 Å². The van der Waals surface area contributed by atoms with E-state index < -0.39 is 0 Å². The van der Waals surface area contributed by atoms with Crippen LogP contribution in [0.1, 0.15) is 43.7 Å². The van der Waals surface area contributed by atoms with Gasteiger partial charge in [0, 0.05) is 56.6 Å². The summed E-state index contributed by atoms with van der Waals surface area (Å²) in [6.45, 7) is 3.38. The maximum atomic E-state index is 12.9. The standard InChI is InChI=1S/C21H26N6O2/c28-19(26-11-6-16(7-12-26)17-5-9-23-25-17)13-15-3-2-10-27(14-15)21-24-20-18(29-21)4-1-8-22-20/h1,4-5,8-9,15-16H,2-3,6-7,10-14H2,(H,23,25). The third kappa shape index (κ3) is 3.83. The van der Waals surface area contributed by atoms with E-state index in [-0.39, 0.29) is 5.91 Å². The van der Waals surface area contributed by atoms with E-state index in [1.165, 1.54) is 5.69 Å². The van der Waals surface area contributed by atoms with Crippen molar-refractivity contribution in [2.24, 2.45) is 5.92 Å². The fraction of sp³-hybridized carbons (Fsp3) is 0.524. The number of fused-ring (bicyclic) bond motifs is 1. The summed E-state index contributed by atoms with van der Waals surface area (Å²) in [6, 6.07) is 6.40. The minimum atomic E-state index is 0.277. The second-order valence-corrected chi connectivity index (χ2v) is 8.15. The van der Waals surface area contributed by atoms with Crippen LogP contribution in [0.4, 0.5) is 6.01 Å². The van der Waals surface area contributed by atoms with Gasteiger partial charge in [0.05, 0.1) is 0 Å². The summed E-state index contributed by atoms with van der Waals surface area (Å²) in [4.78, 5) is 25.8. The Bertz CT molecular complexity index is 928. The molecule has 3 aromatic rings. The molecule has 29 heavy (non-hydrogen) atoms. The number of rotatable bonds is 4. The Morgan fingerprint density at radius 2 is 2.07 bits per heavy atom. The smallest absolute Gasteiger partial charge is 0.299 e. The molecule has 5 rings (SSSR count). The molecule has 1 atom stereocenters. The zero-order valence-corrected chi connectivity index (χ0v) is 16.5. The van der Waals surface area contributed by atoms with Crippen molar-refractivity contribution in [3.8, 4) is 0 Å². The summed E-state index contributed by atoms with van der Waals surface area (Å²) in [5.74, 6) is 1.10. The Morgan fingerprint density at radius 1 is 1.17 bits per heavy atom. The Hall–Kier alpha value is -2.90. The van der Waals surface area contributed by atoms with E-state index in [1.54, 1.807) is 12.4 Å². The van der Waals surface area contributed by atoms with Crippen molar-refractivity contribution >= 4 is 23.2 Å². The van der Waals surface area contributed by atoms with E-state index >= 15 is 0 Å². The molecule has 8 heteroatoms. The molecule has 0 radical (unpaired) electrons. The first-order chi connectivity index (χ1) is 14.3. The van der Waals surface area contributed by atoms with Crippen LogP contribution >= 0.6 is 0 Å². The molecule has 0 aromatic carbocycles. The number of hydrogen-bond acceptors (Lipinski definition) is 6. The van der Waals surface area contributed by atoms with Crippen molar-refractivity contribution < 1.29 is 9.21 Å². The van der Waals surface area contributed by atoms with Gasteiger partial charge in [-0.3, -0.25) is 9.89 Å². The van der Waals surface area contributed by atoms with Crippen LogP contribution in [0.5, 0.6) is 0 Å². The van der Waals surface area contributed by atoms with Gasteiger partial charge in [-0.25, -0.2) is 4.98 Å². The van der Waals surface area contributed by atoms with Crippen LogP contribution < -0.4 is 4.90 Å². The number of carbonyl (C=O) groups is 1. The van der Waals surface area contributed by atoms with E-state index in [2.05, 4.69) is 25.1 Å². The molecule has 152 valence electrons. The molecule has 8 nitrogen and oxygen atoms in total. The van der Waals surface area contributed by atoms with Crippen LogP contribution in [0.2, 0.25) is 0 Å². The molecule has 2 aliphatic heterocycles. The van der Waals surface area contributed by atoms with E-state index in [4.69, 9.17) is 4.42 Å². The van der Waals surface area contributed by atoms with E-state index in [0.29, 0.717) is 35.5 Å². The molecule has 1 unspecified atom stereocenters. The molecule has 0 spiro atoms. The van der Waals surface area contributed by atoms with Gasteiger partial charge in [-0.1, -0.05) is 0 Å². The average molecular weight is 394 g/mol. The number of amides is 1. The zero-order chi connectivity index (χ0) is 19.6. The van der Waals surface area contributed by atoms with Crippen molar-refractivity contribution in [1.82, 2.24) is 25.1 Å². The number of anilines is 1. The number of aromatic amines is 1. The van der Waals surface area contributed by atoms with Crippen LogP contribution in [0.25, 0.3) is 11.2 Å². The number of piperidine rings is 2. The highest BCUT2D eigenvalue weighted by atomic mass is 16.4. The summed E-state index contributed by atoms with van der Waals surface area (Å²) in [5, 5.41) is 7.12. The lowest BCUT2D eigenvalue weighted by molar-refractivity contribution is -0.133. The van der Waals surface area contributed by atoms with Gasteiger partial charge >= 0.3 is 0 Å². The van der Waals surface area contributed by atoms with Gasteiger partial charge in [0.15, 0.2) is 5.58 Å². The van der Waals surface area contributed by atoms with Crippen LogP contribution in [-0.4, -0.2) is 57.2 Å². The third-order valence-corrected chi connectivity index (χ3v) is 6.22. The molecule has 2 saturated heterocycles. The van der Waals surface area contributed by atoms with E-state index in [1.807, 2.05) is 23.1 Å². The first-order valence-corrected chi connectivity index (χ1v) is 10.5. The van der Waals surface area contributed by atoms with E-state index in [9.17, 15) is 4.79 Å². The first-order valence-electron chi connectivity index (χ1n) is 10.5. The Balaban J connectivity index is 1.17. The van der Waals surface area contributed by atoms with Crippen LogP contribution in [-0.2, 0) is 4.79 Å². The number of oxazole rings is 1. The molecule has 0 saturated carbocycles. The predicted octanol–water partition coefficient (Wildman–Crippen LogP) is 2.96. The fourth-order valence-corrected chi connectivity index (χ4v) is 4.61. The monoisotopic (exact) mass is 394 g/mol. The van der Waals surface area contributed by atoms with Crippen LogP contribution in [0, 0.1) is 5.92 Å². The Kier molecular flexibility index (Phi) is 4.91. The van der Waals surface area contributed by atoms with Crippen molar-refractivity contribution in [3.05, 3.63) is 36.3 Å². The highest BCUT2D eigenvalue weighted by Gasteiger charge is 2.29. The number of pyridine rings is 1. The number of likely N-dealkylation sites (tertiary alicyclic amines) is 1. The summed E-state index contributed by atoms with van der Waals surface area (Å²) < 4.78 is 5.87. The second kappa shape index (κ2) is 7.85. The maximum Gasteiger partial charge on any atom is 0.299 e. The predicted molar refractivity (Wildman–Crippen MR) is 109 cm³/mol. The number of hydrogen-bond donors (Lipinski definition) is 1. The lowest BCUT2D eigenvalue weighted by Gasteiger charge is -2.35. The molecular formula is C21H26N6O2. The SMILES string of the molecule is O=C(CC1CCCN(c2nc3ncccc3o2)C1)N1CCC(c2ccn[nH]2)CC1. The van der Waals surface area contributed by atoms with Gasteiger partial charge in [0.1, 0.15) is 0 Å². The number of nitrogens with zero attached hydrogens (tertiary/aromatic N) is 5. The van der Waals surface area contributed by atoms with Gasteiger partial charge in [0.25, 0.3) is 6.01 Å². The lowest BCUT2D eigenvalue weighted by Crippen LogP contribution is -2.41. The normalized spacial score (nSPS) is 21.0. The summed E-state index contributed by atoms with van der Waals surface area (Å²) in [5.41, 5.74) is 2.54. The summed E-state index contributed by atoms with van der Waals surface area (Å²) >= 11 is 0. The van der Waals surface area contributed by atoms with Crippen molar-refractivity contribution in [1.29, 1.82) is 0 Å². The van der Waals surface area contributed by atoms with Gasteiger partial charge < -0.3 is 14.2 Å². The molecule has 2 aliphatic rings. The highest BCUT2D eigenvalue weighted by molar-refractivity contribution is 5.76. The van der Waals surface area contributed by atoms with Crippen molar-refractivity contribution in [2.75, 3.05) is 31.1 Å². The highest BCUT2D eigenvalue weighted by Crippen LogP contribution is 2.29. The zero-order valence-electron chi connectivity index (χ0n) is 16.5. The quantitative estimate of drug-likeness (QED) is 0.732. The number of aromatic nitrogens is 4. The first kappa shape index (κ1) is 18.1. The molecule has 0 bridgehead atoms. The Morgan fingerprint density at radius 3 is 2.86 bits per heavy atom. The minimum absolute atomic E-state index is 0.277. The topological polar surface area (TPSA) is 91.2 Å². The molecule has 1 N–H and O–H groups in total. The molecular weight excluding hydrogens is 368 g/mol. The third-order valence-electron chi connectivity index (χ3n) is 6.22. The second-order valence-electron chi connectivity index (χ2n) is 8.15. The van der Waals surface area contributed by atoms with Gasteiger partial charge in [0.2, 0.25) is 11.6 Å². The molecule has 3 aromatic heterocycles. The molecule has 2 fully saturated rings. The van der Waals surface area contributed by atoms with Gasteiger partial charge in [-0.05, 0) is 49.8 Å². The molecule has 0 aliphatic carbocycles. The Labute approximate surface area is 169 Å². The van der Waals surface area contributed by atoms with E-state index in [0.717, 1.165) is 51.9 Å².